The van der Waals surface area contributed by atoms with Gasteiger partial charge in [-0.15, -0.1) is 0 Å². The third-order valence-corrected chi connectivity index (χ3v) is 9.48. The standard InChI is InChI=1S/C43H30/c1-43(2)38-24-22-29-10-4-7-13-35(29)42(38)37-23-21-31(26-39(37)43)27-15-18-30(19-16-27)40-36-14-8-5-11-32(36)25-33-20-17-28-9-3-6-12-34(28)41(33)40/h3-26H,1-2H3/i15D,16D,18D,19D. The summed E-state index contributed by atoms with van der Waals surface area (Å²) in [6.07, 6.45) is 0. The maximum atomic E-state index is 9.46. The van der Waals surface area contributed by atoms with Crippen molar-refractivity contribution in [3.05, 3.63) is 157 Å². The molecule has 0 aromatic heterocycles. The lowest BCUT2D eigenvalue weighted by atomic mass is 9.81. The largest absolute Gasteiger partial charge is 0.0629 e. The van der Waals surface area contributed by atoms with E-state index in [2.05, 4.69) is 92.7 Å². The van der Waals surface area contributed by atoms with Crippen LogP contribution in [0.25, 0.3) is 76.5 Å². The van der Waals surface area contributed by atoms with Crippen LogP contribution in [0.1, 0.15) is 30.5 Å². The van der Waals surface area contributed by atoms with Crippen LogP contribution in [0.5, 0.6) is 0 Å². The van der Waals surface area contributed by atoms with Crippen LogP contribution < -0.4 is 0 Å². The Labute approximate surface area is 257 Å². The molecule has 0 fully saturated rings. The molecule has 0 aliphatic heterocycles. The van der Waals surface area contributed by atoms with Crippen molar-refractivity contribution in [1.29, 1.82) is 0 Å². The molecule has 1 aliphatic rings. The molecular weight excluding hydrogens is 516 g/mol. The van der Waals surface area contributed by atoms with Crippen molar-refractivity contribution in [3.63, 3.8) is 0 Å². The zero-order valence-electron chi connectivity index (χ0n) is 28.0. The number of rotatable bonds is 2. The van der Waals surface area contributed by atoms with E-state index in [9.17, 15) is 5.48 Å². The first-order valence-corrected chi connectivity index (χ1v) is 14.9. The molecular formula is C43H30. The molecule has 0 bridgehead atoms. The van der Waals surface area contributed by atoms with E-state index in [4.69, 9.17) is 0 Å². The number of hydrogen-bond donors (Lipinski definition) is 0. The van der Waals surface area contributed by atoms with Crippen LogP contribution in [-0.4, -0.2) is 0 Å². The van der Waals surface area contributed by atoms with Gasteiger partial charge < -0.3 is 0 Å². The molecule has 0 heterocycles. The lowest BCUT2D eigenvalue weighted by Gasteiger charge is -2.22. The highest BCUT2D eigenvalue weighted by Crippen LogP contribution is 2.52. The highest BCUT2D eigenvalue weighted by molar-refractivity contribution is 6.22. The summed E-state index contributed by atoms with van der Waals surface area (Å²) in [6.45, 7) is 4.45. The van der Waals surface area contributed by atoms with E-state index in [1.54, 1.807) is 0 Å². The number of hydrogen-bond acceptors (Lipinski definition) is 0. The molecule has 0 unspecified atom stereocenters. The van der Waals surface area contributed by atoms with Crippen LogP contribution in [0.3, 0.4) is 0 Å². The summed E-state index contributed by atoms with van der Waals surface area (Å²) in [5.74, 6) is 0. The van der Waals surface area contributed by atoms with Gasteiger partial charge >= 0.3 is 0 Å². The molecule has 0 heteroatoms. The van der Waals surface area contributed by atoms with Gasteiger partial charge in [0.1, 0.15) is 0 Å². The van der Waals surface area contributed by atoms with Crippen LogP contribution in [0, 0.1) is 0 Å². The minimum absolute atomic E-state index is 0.0268. The summed E-state index contributed by atoms with van der Waals surface area (Å²) in [7, 11) is 0. The Kier molecular flexibility index (Phi) is 4.27. The SMILES string of the molecule is [2H]c1c([2H])c(-c2c3ccccc3cc3ccc4ccccc4c23)c([2H])c([2H])c1-c1ccc2c(c1)C(C)(C)c1ccc3ccccc3c1-2. The second-order valence-electron chi connectivity index (χ2n) is 12.2. The first-order chi connectivity index (χ1) is 22.8. The zero-order chi connectivity index (χ0) is 32.2. The molecule has 202 valence electrons. The van der Waals surface area contributed by atoms with Crippen LogP contribution in [0.4, 0.5) is 0 Å². The topological polar surface area (TPSA) is 0 Å². The lowest BCUT2D eigenvalue weighted by molar-refractivity contribution is 0.661. The van der Waals surface area contributed by atoms with Gasteiger partial charge in [0.25, 0.3) is 0 Å². The molecule has 0 spiro atoms. The van der Waals surface area contributed by atoms with Gasteiger partial charge in [0, 0.05) is 5.41 Å². The van der Waals surface area contributed by atoms with Gasteiger partial charge in [0.2, 0.25) is 0 Å². The van der Waals surface area contributed by atoms with Gasteiger partial charge in [-0.1, -0.05) is 147 Å². The van der Waals surface area contributed by atoms with Crippen LogP contribution >= 0.6 is 0 Å². The van der Waals surface area contributed by atoms with Crippen molar-refractivity contribution in [2.24, 2.45) is 0 Å². The minimum atomic E-state index is -0.286. The minimum Gasteiger partial charge on any atom is -0.0616 e. The molecule has 1 aliphatic carbocycles. The first-order valence-electron chi connectivity index (χ1n) is 16.9. The lowest BCUT2D eigenvalue weighted by Crippen LogP contribution is -2.15. The summed E-state index contributed by atoms with van der Waals surface area (Å²) in [4.78, 5) is 0. The van der Waals surface area contributed by atoms with Gasteiger partial charge in [-0.3, -0.25) is 0 Å². The Bertz CT molecular complexity index is 2620. The molecule has 0 saturated carbocycles. The highest BCUT2D eigenvalue weighted by Gasteiger charge is 2.36. The number of fused-ring (bicyclic) bond motifs is 9. The summed E-state index contributed by atoms with van der Waals surface area (Å²) >= 11 is 0. The van der Waals surface area contributed by atoms with Crippen LogP contribution in [-0.2, 0) is 5.41 Å². The molecule has 0 atom stereocenters. The summed E-state index contributed by atoms with van der Waals surface area (Å²) in [5.41, 5.74) is 6.61. The van der Waals surface area contributed by atoms with E-state index in [-0.39, 0.29) is 29.6 Å². The van der Waals surface area contributed by atoms with Crippen molar-refractivity contribution in [2.75, 3.05) is 0 Å². The van der Waals surface area contributed by atoms with E-state index in [0.717, 1.165) is 49.0 Å². The maximum absolute atomic E-state index is 9.46. The Morgan fingerprint density at radius 2 is 1.02 bits per heavy atom. The Hall–Kier alpha value is -5.20. The molecule has 8 aromatic rings. The fourth-order valence-corrected chi connectivity index (χ4v) is 7.34. The predicted molar refractivity (Wildman–Crippen MR) is 185 cm³/mol. The fraction of sp³-hybridized carbons (Fsp3) is 0.0698. The summed E-state index contributed by atoms with van der Waals surface area (Å²) in [5, 5.41) is 8.37. The van der Waals surface area contributed by atoms with Crippen molar-refractivity contribution in [2.45, 2.75) is 19.3 Å². The van der Waals surface area contributed by atoms with Gasteiger partial charge in [-0.25, -0.2) is 0 Å². The van der Waals surface area contributed by atoms with Gasteiger partial charge in [0.15, 0.2) is 0 Å². The monoisotopic (exact) mass is 550 g/mol. The average molecular weight is 551 g/mol. The van der Waals surface area contributed by atoms with Crippen molar-refractivity contribution < 1.29 is 5.48 Å². The Morgan fingerprint density at radius 3 is 1.79 bits per heavy atom. The highest BCUT2D eigenvalue weighted by atomic mass is 14.4. The quantitative estimate of drug-likeness (QED) is 0.148. The third kappa shape index (κ3) is 3.50. The average Bonchev–Trinajstić information content (AvgIpc) is 3.33. The van der Waals surface area contributed by atoms with Gasteiger partial charge in [-0.05, 0) is 99.7 Å². The molecule has 9 rings (SSSR count). The van der Waals surface area contributed by atoms with Crippen LogP contribution in [0.2, 0.25) is 0 Å². The fourth-order valence-electron chi connectivity index (χ4n) is 7.34. The Balaban J connectivity index is 1.31. The number of benzene rings is 8. The van der Waals surface area contributed by atoms with Gasteiger partial charge in [0.05, 0.1) is 5.48 Å². The van der Waals surface area contributed by atoms with Crippen molar-refractivity contribution >= 4 is 43.1 Å². The second kappa shape index (κ2) is 8.90. The van der Waals surface area contributed by atoms with E-state index in [0.29, 0.717) is 16.7 Å². The third-order valence-electron chi connectivity index (χ3n) is 9.48. The smallest absolute Gasteiger partial charge is 0.0616 e. The molecule has 0 amide bonds. The molecule has 43 heavy (non-hydrogen) atoms. The second-order valence-corrected chi connectivity index (χ2v) is 12.2. The zero-order valence-corrected chi connectivity index (χ0v) is 24.0. The molecule has 0 nitrogen and oxygen atoms in total. The van der Waals surface area contributed by atoms with Crippen molar-refractivity contribution in [1.82, 2.24) is 0 Å². The molecule has 0 radical (unpaired) electrons. The van der Waals surface area contributed by atoms with Crippen molar-refractivity contribution in [3.8, 4) is 33.4 Å². The van der Waals surface area contributed by atoms with Gasteiger partial charge in [-0.2, -0.15) is 0 Å². The maximum Gasteiger partial charge on any atom is 0.0629 e. The molecule has 0 N–H and O–H groups in total. The molecule has 8 aromatic carbocycles. The molecule has 0 saturated heterocycles. The summed E-state index contributed by atoms with van der Waals surface area (Å²) in [6, 6.07) is 41.5. The van der Waals surface area contributed by atoms with E-state index >= 15 is 0 Å². The van der Waals surface area contributed by atoms with E-state index < -0.39 is 0 Å². The first kappa shape index (κ1) is 20.6. The van der Waals surface area contributed by atoms with E-state index in [1.807, 2.05) is 42.5 Å². The predicted octanol–water partition coefficient (Wildman–Crippen LogP) is 11.9. The van der Waals surface area contributed by atoms with E-state index in [1.165, 1.54) is 21.9 Å². The van der Waals surface area contributed by atoms with Crippen LogP contribution in [0.15, 0.2) is 145 Å². The summed E-state index contributed by atoms with van der Waals surface area (Å²) < 4.78 is 37.7. The normalized spacial score (nSPS) is 14.8. The Morgan fingerprint density at radius 1 is 0.442 bits per heavy atom.